The minimum atomic E-state index is -0.856. The Morgan fingerprint density at radius 3 is 2.50 bits per heavy atom. The standard InChI is InChI=1S/C13H19N3O2/c1-9-8-11(15-10(2)14-9)16-13(12(17)18)6-4-3-5-7-13/h8H,3-7H2,1-2H3,(H,17,18)(H,14,15,16). The SMILES string of the molecule is Cc1cc(NC2(C(=O)O)CCCCC2)nc(C)n1. The van der Waals surface area contributed by atoms with Crippen LogP contribution in [0.5, 0.6) is 0 Å². The van der Waals surface area contributed by atoms with Gasteiger partial charge in [-0.1, -0.05) is 19.3 Å². The van der Waals surface area contributed by atoms with Crippen LogP contribution in [0.25, 0.3) is 0 Å². The Labute approximate surface area is 107 Å². The van der Waals surface area contributed by atoms with E-state index in [1.807, 2.05) is 13.8 Å². The first kappa shape index (κ1) is 12.8. The fraction of sp³-hybridized carbons (Fsp3) is 0.615. The Kier molecular flexibility index (Phi) is 3.50. The average molecular weight is 249 g/mol. The van der Waals surface area contributed by atoms with E-state index in [2.05, 4.69) is 15.3 Å². The van der Waals surface area contributed by atoms with Crippen molar-refractivity contribution in [3.05, 3.63) is 17.6 Å². The second-order valence-electron chi connectivity index (χ2n) is 5.01. The van der Waals surface area contributed by atoms with E-state index < -0.39 is 11.5 Å². The van der Waals surface area contributed by atoms with Crippen molar-refractivity contribution in [2.75, 3.05) is 5.32 Å². The lowest BCUT2D eigenvalue weighted by Crippen LogP contribution is -2.48. The van der Waals surface area contributed by atoms with Crippen LogP contribution >= 0.6 is 0 Å². The zero-order chi connectivity index (χ0) is 13.2. The first-order chi connectivity index (χ1) is 8.52. The third kappa shape index (κ3) is 2.60. The maximum atomic E-state index is 11.5. The minimum Gasteiger partial charge on any atom is -0.480 e. The highest BCUT2D eigenvalue weighted by atomic mass is 16.4. The number of aliphatic carboxylic acids is 1. The molecule has 18 heavy (non-hydrogen) atoms. The maximum Gasteiger partial charge on any atom is 0.329 e. The lowest BCUT2D eigenvalue weighted by molar-refractivity contribution is -0.143. The summed E-state index contributed by atoms with van der Waals surface area (Å²) in [4.78, 5) is 20.0. The lowest BCUT2D eigenvalue weighted by atomic mass is 9.81. The first-order valence-electron chi connectivity index (χ1n) is 6.36. The van der Waals surface area contributed by atoms with Crippen LogP contribution in [0.15, 0.2) is 6.07 Å². The molecule has 0 unspecified atom stereocenters. The van der Waals surface area contributed by atoms with Gasteiger partial charge in [0.2, 0.25) is 0 Å². The van der Waals surface area contributed by atoms with Crippen molar-refractivity contribution in [1.29, 1.82) is 0 Å². The Hall–Kier alpha value is -1.65. The van der Waals surface area contributed by atoms with Crippen molar-refractivity contribution in [1.82, 2.24) is 9.97 Å². The Balaban J connectivity index is 2.25. The van der Waals surface area contributed by atoms with Gasteiger partial charge in [-0.15, -0.1) is 0 Å². The molecule has 0 aromatic carbocycles. The number of aromatic nitrogens is 2. The fourth-order valence-electron chi connectivity index (χ4n) is 2.57. The van der Waals surface area contributed by atoms with E-state index in [1.54, 1.807) is 6.07 Å². The maximum absolute atomic E-state index is 11.5. The third-order valence-corrected chi connectivity index (χ3v) is 3.45. The van der Waals surface area contributed by atoms with Gasteiger partial charge in [-0.2, -0.15) is 0 Å². The Bertz CT molecular complexity index is 433. The highest BCUT2D eigenvalue weighted by molar-refractivity contribution is 5.82. The number of hydrogen-bond donors (Lipinski definition) is 2. The largest absolute Gasteiger partial charge is 0.480 e. The highest BCUT2D eigenvalue weighted by Gasteiger charge is 2.39. The van der Waals surface area contributed by atoms with Crippen molar-refractivity contribution in [2.24, 2.45) is 0 Å². The van der Waals surface area contributed by atoms with E-state index in [9.17, 15) is 9.90 Å². The quantitative estimate of drug-likeness (QED) is 0.859. The molecule has 2 rings (SSSR count). The van der Waals surface area contributed by atoms with Crippen LogP contribution in [0.3, 0.4) is 0 Å². The van der Waals surface area contributed by atoms with Crippen molar-refractivity contribution >= 4 is 11.8 Å². The summed E-state index contributed by atoms with van der Waals surface area (Å²) in [6.45, 7) is 3.70. The minimum absolute atomic E-state index is 0.615. The van der Waals surface area contributed by atoms with Gasteiger partial charge in [0.25, 0.3) is 0 Å². The monoisotopic (exact) mass is 249 g/mol. The molecule has 0 amide bonds. The van der Waals surface area contributed by atoms with E-state index in [0.717, 1.165) is 25.0 Å². The van der Waals surface area contributed by atoms with Crippen LogP contribution in [0, 0.1) is 13.8 Å². The molecule has 1 saturated carbocycles. The zero-order valence-electron chi connectivity index (χ0n) is 10.9. The molecule has 2 N–H and O–H groups in total. The number of aryl methyl sites for hydroxylation is 2. The van der Waals surface area contributed by atoms with Crippen LogP contribution in [-0.2, 0) is 4.79 Å². The molecule has 98 valence electrons. The summed E-state index contributed by atoms with van der Waals surface area (Å²) in [5.74, 6) is 0.495. The number of rotatable bonds is 3. The van der Waals surface area contributed by atoms with Gasteiger partial charge < -0.3 is 10.4 Å². The van der Waals surface area contributed by atoms with Crippen LogP contribution in [-0.4, -0.2) is 26.6 Å². The van der Waals surface area contributed by atoms with Crippen LogP contribution in [0.1, 0.15) is 43.6 Å². The summed E-state index contributed by atoms with van der Waals surface area (Å²) in [5, 5.41) is 12.6. The molecule has 0 radical (unpaired) electrons. The van der Waals surface area contributed by atoms with Crippen LogP contribution < -0.4 is 5.32 Å². The molecular formula is C13H19N3O2. The van der Waals surface area contributed by atoms with E-state index in [-0.39, 0.29) is 0 Å². The van der Waals surface area contributed by atoms with Gasteiger partial charge in [-0.3, -0.25) is 0 Å². The fourth-order valence-corrected chi connectivity index (χ4v) is 2.57. The summed E-state index contributed by atoms with van der Waals surface area (Å²) >= 11 is 0. The molecule has 5 nitrogen and oxygen atoms in total. The summed E-state index contributed by atoms with van der Waals surface area (Å²) in [5.41, 5.74) is -0.00720. The molecule has 1 heterocycles. The van der Waals surface area contributed by atoms with Crippen LogP contribution in [0.4, 0.5) is 5.82 Å². The summed E-state index contributed by atoms with van der Waals surface area (Å²) < 4.78 is 0. The number of nitrogens with one attached hydrogen (secondary N) is 1. The number of carboxylic acids is 1. The van der Waals surface area contributed by atoms with Gasteiger partial charge in [0.1, 0.15) is 17.2 Å². The first-order valence-corrected chi connectivity index (χ1v) is 6.36. The topological polar surface area (TPSA) is 75.1 Å². The highest BCUT2D eigenvalue weighted by Crippen LogP contribution is 2.31. The summed E-state index contributed by atoms with van der Waals surface area (Å²) in [7, 11) is 0. The van der Waals surface area contributed by atoms with E-state index >= 15 is 0 Å². The second kappa shape index (κ2) is 4.92. The third-order valence-electron chi connectivity index (χ3n) is 3.45. The van der Waals surface area contributed by atoms with Gasteiger partial charge in [0, 0.05) is 11.8 Å². The van der Waals surface area contributed by atoms with Gasteiger partial charge in [-0.05, 0) is 26.7 Å². The number of nitrogens with zero attached hydrogens (tertiary/aromatic N) is 2. The van der Waals surface area contributed by atoms with Gasteiger partial charge >= 0.3 is 5.97 Å². The molecule has 0 saturated heterocycles. The molecular weight excluding hydrogens is 230 g/mol. The van der Waals surface area contributed by atoms with Gasteiger partial charge in [-0.25, -0.2) is 14.8 Å². The molecule has 0 atom stereocenters. The zero-order valence-corrected chi connectivity index (χ0v) is 10.9. The number of carbonyl (C=O) groups is 1. The molecule has 1 aromatic heterocycles. The van der Waals surface area contributed by atoms with Crippen molar-refractivity contribution < 1.29 is 9.90 Å². The van der Waals surface area contributed by atoms with Gasteiger partial charge in [0.05, 0.1) is 0 Å². The normalized spacial score (nSPS) is 18.3. The number of carboxylic acid groups (broad SMARTS) is 1. The predicted molar refractivity (Wildman–Crippen MR) is 68.6 cm³/mol. The molecule has 1 aliphatic rings. The molecule has 0 spiro atoms. The van der Waals surface area contributed by atoms with Crippen molar-refractivity contribution in [3.8, 4) is 0 Å². The molecule has 0 aliphatic heterocycles. The van der Waals surface area contributed by atoms with Crippen molar-refractivity contribution in [2.45, 2.75) is 51.5 Å². The smallest absolute Gasteiger partial charge is 0.329 e. The predicted octanol–water partition coefficient (Wildman–Crippen LogP) is 2.29. The summed E-state index contributed by atoms with van der Waals surface area (Å²) in [6, 6.07) is 1.80. The Morgan fingerprint density at radius 1 is 1.28 bits per heavy atom. The molecule has 5 heteroatoms. The molecule has 0 bridgehead atoms. The number of anilines is 1. The molecule has 1 fully saturated rings. The summed E-state index contributed by atoms with van der Waals surface area (Å²) in [6.07, 6.45) is 4.32. The van der Waals surface area contributed by atoms with E-state index in [1.165, 1.54) is 0 Å². The number of hydrogen-bond acceptors (Lipinski definition) is 4. The van der Waals surface area contributed by atoms with Crippen molar-refractivity contribution in [3.63, 3.8) is 0 Å². The van der Waals surface area contributed by atoms with Gasteiger partial charge in [0.15, 0.2) is 0 Å². The molecule has 1 aliphatic carbocycles. The van der Waals surface area contributed by atoms with E-state index in [0.29, 0.717) is 24.5 Å². The average Bonchev–Trinajstić information content (AvgIpc) is 2.28. The molecule has 1 aromatic rings. The Morgan fingerprint density at radius 2 is 1.94 bits per heavy atom. The van der Waals surface area contributed by atoms with E-state index in [4.69, 9.17) is 0 Å². The van der Waals surface area contributed by atoms with Crippen LogP contribution in [0.2, 0.25) is 0 Å². The lowest BCUT2D eigenvalue weighted by Gasteiger charge is -2.34. The second-order valence-corrected chi connectivity index (χ2v) is 5.01.